The van der Waals surface area contributed by atoms with E-state index in [-0.39, 0.29) is 18.1 Å². The van der Waals surface area contributed by atoms with Gasteiger partial charge in [-0.2, -0.15) is 4.98 Å². The molecular weight excluding hydrogens is 432 g/mol. The number of aliphatic hydroxyl groups is 1. The number of aromatic amines is 1. The third kappa shape index (κ3) is 5.18. The molecule has 180 valence electrons. The van der Waals surface area contributed by atoms with Crippen LogP contribution in [0.15, 0.2) is 47.3 Å². The molecule has 8 heteroatoms. The Balaban J connectivity index is 1.06. The van der Waals surface area contributed by atoms with Crippen molar-refractivity contribution in [1.82, 2.24) is 14.9 Å². The molecule has 0 radical (unpaired) electrons. The average Bonchev–Trinajstić information content (AvgIpc) is 2.88. The van der Waals surface area contributed by atoms with Gasteiger partial charge in [-0.1, -0.05) is 6.07 Å². The number of piperazine rings is 1. The minimum atomic E-state index is -0.160. The van der Waals surface area contributed by atoms with E-state index < -0.39 is 0 Å². The van der Waals surface area contributed by atoms with Crippen molar-refractivity contribution in [2.24, 2.45) is 5.92 Å². The quantitative estimate of drug-likeness (QED) is 0.495. The summed E-state index contributed by atoms with van der Waals surface area (Å²) in [5, 5.41) is 10.5. The Morgan fingerprint density at radius 1 is 1.09 bits per heavy atom. The predicted molar refractivity (Wildman–Crippen MR) is 132 cm³/mol. The van der Waals surface area contributed by atoms with Crippen LogP contribution in [0.3, 0.4) is 0 Å². The number of nitrogens with zero attached hydrogens (tertiary/aromatic N) is 3. The predicted octanol–water partition coefficient (Wildman–Crippen LogP) is 2.45. The second kappa shape index (κ2) is 10.4. The van der Waals surface area contributed by atoms with Crippen molar-refractivity contribution in [3.63, 3.8) is 0 Å². The van der Waals surface area contributed by atoms with Gasteiger partial charge in [0.2, 0.25) is 11.4 Å². The number of pyridine rings is 2. The lowest BCUT2D eigenvalue weighted by molar-refractivity contribution is 0.147. The number of ether oxygens (including phenoxy) is 2. The number of hydrogen-bond acceptors (Lipinski definition) is 7. The van der Waals surface area contributed by atoms with E-state index in [2.05, 4.69) is 31.9 Å². The topological polar surface area (TPSA) is 90.9 Å². The van der Waals surface area contributed by atoms with Gasteiger partial charge in [-0.15, -0.1) is 0 Å². The number of aromatic nitrogens is 2. The van der Waals surface area contributed by atoms with Gasteiger partial charge in [-0.25, -0.2) is 0 Å². The molecule has 1 atom stereocenters. The maximum absolute atomic E-state index is 11.5. The van der Waals surface area contributed by atoms with E-state index in [1.165, 1.54) is 17.3 Å². The number of hydrogen-bond donors (Lipinski definition) is 2. The van der Waals surface area contributed by atoms with E-state index in [0.717, 1.165) is 63.1 Å². The number of unbranched alkanes of at least 4 members (excludes halogenated alkanes) is 1. The lowest BCUT2D eigenvalue weighted by Gasteiger charge is -2.38. The summed E-state index contributed by atoms with van der Waals surface area (Å²) in [7, 11) is 0. The molecule has 1 fully saturated rings. The molecule has 1 unspecified atom stereocenters. The molecule has 0 saturated carbocycles. The van der Waals surface area contributed by atoms with E-state index in [1.54, 1.807) is 6.07 Å². The Labute approximate surface area is 199 Å². The van der Waals surface area contributed by atoms with Crippen LogP contribution in [0.25, 0.3) is 11.0 Å². The van der Waals surface area contributed by atoms with Gasteiger partial charge in [0.15, 0.2) is 0 Å². The van der Waals surface area contributed by atoms with Gasteiger partial charge < -0.3 is 24.5 Å². The number of anilines is 1. The van der Waals surface area contributed by atoms with Crippen LogP contribution in [0.5, 0.6) is 11.6 Å². The molecule has 0 aliphatic carbocycles. The fourth-order valence-corrected chi connectivity index (χ4v) is 4.78. The van der Waals surface area contributed by atoms with Crippen molar-refractivity contribution in [2.75, 3.05) is 57.4 Å². The van der Waals surface area contributed by atoms with Gasteiger partial charge >= 0.3 is 0 Å². The van der Waals surface area contributed by atoms with Gasteiger partial charge in [-0.05, 0) is 50.1 Å². The molecule has 5 rings (SSSR count). The van der Waals surface area contributed by atoms with Crippen LogP contribution >= 0.6 is 0 Å². The molecule has 3 aromatic rings. The lowest BCUT2D eigenvalue weighted by atomic mass is 9.95. The number of aliphatic hydroxyl groups excluding tert-OH is 1. The molecule has 8 nitrogen and oxygen atoms in total. The summed E-state index contributed by atoms with van der Waals surface area (Å²) in [6.45, 7) is 6.49. The van der Waals surface area contributed by atoms with Gasteiger partial charge in [-0.3, -0.25) is 9.69 Å². The van der Waals surface area contributed by atoms with Crippen molar-refractivity contribution in [2.45, 2.75) is 19.3 Å². The van der Waals surface area contributed by atoms with E-state index in [1.807, 2.05) is 18.2 Å². The van der Waals surface area contributed by atoms with Crippen LogP contribution in [-0.4, -0.2) is 72.5 Å². The summed E-state index contributed by atoms with van der Waals surface area (Å²) >= 11 is 0. The molecule has 2 N–H and O–H groups in total. The maximum Gasteiger partial charge on any atom is 0.249 e. The third-order valence-corrected chi connectivity index (χ3v) is 6.72. The summed E-state index contributed by atoms with van der Waals surface area (Å²) in [6.07, 6.45) is 2.90. The molecule has 2 aromatic heterocycles. The fraction of sp³-hybridized carbons (Fsp3) is 0.462. The molecule has 4 heterocycles. The second-order valence-electron chi connectivity index (χ2n) is 9.11. The first-order chi connectivity index (χ1) is 16.7. The van der Waals surface area contributed by atoms with Crippen molar-refractivity contribution in [3.05, 3.63) is 58.4 Å². The van der Waals surface area contributed by atoms with Gasteiger partial charge in [0.05, 0.1) is 13.2 Å². The first-order valence-corrected chi connectivity index (χ1v) is 12.2. The van der Waals surface area contributed by atoms with Crippen molar-refractivity contribution >= 4 is 16.7 Å². The van der Waals surface area contributed by atoms with Crippen molar-refractivity contribution in [3.8, 4) is 11.6 Å². The molecule has 0 spiro atoms. The highest BCUT2D eigenvalue weighted by Gasteiger charge is 2.25. The molecule has 2 aliphatic rings. The number of nitrogens with one attached hydrogen (secondary N) is 1. The molecular formula is C26H32N4O4. The zero-order chi connectivity index (χ0) is 23.3. The van der Waals surface area contributed by atoms with Crippen LogP contribution in [0, 0.1) is 5.92 Å². The molecule has 2 aliphatic heterocycles. The van der Waals surface area contributed by atoms with Gasteiger partial charge in [0.25, 0.3) is 0 Å². The van der Waals surface area contributed by atoms with E-state index in [0.29, 0.717) is 24.7 Å². The Morgan fingerprint density at radius 2 is 1.94 bits per heavy atom. The normalized spacial score (nSPS) is 18.5. The maximum atomic E-state index is 11.5. The largest absolute Gasteiger partial charge is 0.493 e. The fourth-order valence-electron chi connectivity index (χ4n) is 4.78. The van der Waals surface area contributed by atoms with Crippen LogP contribution < -0.4 is 19.9 Å². The standard InChI is InChI=1S/C26H32N4O4/c31-17-19-16-21-22(4-3-5-23(21)34-18-19)30-13-11-29(12-14-30)10-1-2-15-33-25-9-7-20-6-8-24(32)27-26(20)28-25/h3-9,19,31H,1-2,10-18H2,(H,27,28,32). The zero-order valence-corrected chi connectivity index (χ0v) is 19.4. The third-order valence-electron chi connectivity index (χ3n) is 6.72. The minimum absolute atomic E-state index is 0.160. The molecule has 34 heavy (non-hydrogen) atoms. The lowest BCUT2D eigenvalue weighted by Crippen LogP contribution is -2.47. The summed E-state index contributed by atoms with van der Waals surface area (Å²) in [4.78, 5) is 23.6. The summed E-state index contributed by atoms with van der Waals surface area (Å²) in [5.74, 6) is 1.70. The minimum Gasteiger partial charge on any atom is -0.493 e. The number of fused-ring (bicyclic) bond motifs is 2. The molecule has 0 amide bonds. The highest BCUT2D eigenvalue weighted by Crippen LogP contribution is 2.35. The number of H-pyrrole nitrogens is 1. The van der Waals surface area contributed by atoms with E-state index in [9.17, 15) is 9.90 Å². The molecule has 0 bridgehead atoms. The Kier molecular flexibility index (Phi) is 6.97. The number of rotatable bonds is 8. The van der Waals surface area contributed by atoms with Crippen molar-refractivity contribution in [1.29, 1.82) is 0 Å². The first-order valence-electron chi connectivity index (χ1n) is 12.2. The first kappa shape index (κ1) is 22.7. The van der Waals surface area contributed by atoms with Crippen LogP contribution in [0.4, 0.5) is 5.69 Å². The van der Waals surface area contributed by atoms with Gasteiger partial charge in [0, 0.05) is 67.5 Å². The van der Waals surface area contributed by atoms with Crippen molar-refractivity contribution < 1.29 is 14.6 Å². The molecule has 1 saturated heterocycles. The Hall–Kier alpha value is -3.10. The highest BCUT2D eigenvalue weighted by molar-refractivity contribution is 5.74. The summed E-state index contributed by atoms with van der Waals surface area (Å²) in [6, 6.07) is 13.3. The molecule has 1 aromatic carbocycles. The van der Waals surface area contributed by atoms with Gasteiger partial charge in [0.1, 0.15) is 11.4 Å². The number of benzene rings is 1. The van der Waals surface area contributed by atoms with E-state index >= 15 is 0 Å². The van der Waals surface area contributed by atoms with Crippen LogP contribution in [0.2, 0.25) is 0 Å². The SMILES string of the molecule is O=c1ccc2ccc(OCCCCN3CCN(c4cccc5c4CC(CO)CO5)CC3)nc2[nH]1. The Morgan fingerprint density at radius 3 is 2.79 bits per heavy atom. The average molecular weight is 465 g/mol. The zero-order valence-electron chi connectivity index (χ0n) is 19.4. The smallest absolute Gasteiger partial charge is 0.249 e. The second-order valence-corrected chi connectivity index (χ2v) is 9.11. The monoisotopic (exact) mass is 464 g/mol. The summed E-state index contributed by atoms with van der Waals surface area (Å²) < 4.78 is 11.7. The van der Waals surface area contributed by atoms with Crippen LogP contribution in [0.1, 0.15) is 18.4 Å². The highest BCUT2D eigenvalue weighted by atomic mass is 16.5. The summed E-state index contributed by atoms with van der Waals surface area (Å²) in [5.41, 5.74) is 2.89. The Bertz CT molecular complexity index is 1170. The van der Waals surface area contributed by atoms with E-state index in [4.69, 9.17) is 9.47 Å². The van der Waals surface area contributed by atoms with Crippen LogP contribution in [-0.2, 0) is 6.42 Å².